The highest BCUT2D eigenvalue weighted by atomic mass is 16.5. The van der Waals surface area contributed by atoms with Crippen LogP contribution in [0.3, 0.4) is 0 Å². The fraction of sp³-hybridized carbons (Fsp3) is 0.320. The summed E-state index contributed by atoms with van der Waals surface area (Å²) in [6, 6.07) is 10.6. The number of nitrogens with one attached hydrogen (secondary N) is 1. The molecule has 0 saturated carbocycles. The maximum absolute atomic E-state index is 13.2. The van der Waals surface area contributed by atoms with Crippen molar-refractivity contribution in [3.63, 3.8) is 0 Å². The first-order valence-corrected chi connectivity index (χ1v) is 11.0. The quantitative estimate of drug-likeness (QED) is 0.587. The summed E-state index contributed by atoms with van der Waals surface area (Å²) in [4.78, 5) is 17.9. The Morgan fingerprint density at radius 3 is 2.29 bits per heavy atom. The van der Waals surface area contributed by atoms with Crippen LogP contribution >= 0.6 is 0 Å². The molecule has 0 spiro atoms. The van der Waals surface area contributed by atoms with Crippen molar-refractivity contribution < 1.29 is 23.7 Å². The molecule has 2 aliphatic rings. The highest BCUT2D eigenvalue weighted by Gasteiger charge is 2.38. The van der Waals surface area contributed by atoms with Gasteiger partial charge in [0, 0.05) is 34.9 Å². The monoisotopic (exact) mass is 462 g/mol. The molecule has 34 heavy (non-hydrogen) atoms. The SMILES string of the molecule is COc1ccc(-c2nc3n(n2)C(c2cc(OC)c(OC)cc2OC)C2=C(CCCC2=O)N3)cc1. The molecule has 2 aromatic carbocycles. The lowest BCUT2D eigenvalue weighted by Gasteiger charge is -2.33. The van der Waals surface area contributed by atoms with Gasteiger partial charge in [0.2, 0.25) is 5.95 Å². The highest BCUT2D eigenvalue weighted by molar-refractivity contribution is 5.99. The molecule has 1 N–H and O–H groups in total. The van der Waals surface area contributed by atoms with Crippen LogP contribution in [0.25, 0.3) is 11.4 Å². The molecule has 1 aliphatic carbocycles. The van der Waals surface area contributed by atoms with E-state index in [0.717, 1.165) is 35.4 Å². The molecular weight excluding hydrogens is 436 g/mol. The van der Waals surface area contributed by atoms with E-state index in [2.05, 4.69) is 5.32 Å². The molecule has 9 heteroatoms. The number of aromatic nitrogens is 3. The number of anilines is 1. The van der Waals surface area contributed by atoms with Gasteiger partial charge in [0.1, 0.15) is 17.5 Å². The first-order valence-electron chi connectivity index (χ1n) is 11.0. The van der Waals surface area contributed by atoms with Gasteiger partial charge in [-0.3, -0.25) is 4.79 Å². The molecule has 1 aromatic heterocycles. The van der Waals surface area contributed by atoms with Gasteiger partial charge in [-0.05, 0) is 43.2 Å². The average Bonchev–Trinajstić information content (AvgIpc) is 3.30. The second-order valence-electron chi connectivity index (χ2n) is 8.08. The summed E-state index contributed by atoms with van der Waals surface area (Å²) >= 11 is 0. The molecule has 9 nitrogen and oxygen atoms in total. The number of Topliss-reactive ketones (excluding diaryl/α,β-unsaturated/α-hetero) is 1. The van der Waals surface area contributed by atoms with Crippen molar-refractivity contribution in [3.05, 3.63) is 53.2 Å². The number of ether oxygens (including phenoxy) is 4. The van der Waals surface area contributed by atoms with Crippen LogP contribution in [0.5, 0.6) is 23.0 Å². The van der Waals surface area contributed by atoms with Crippen molar-refractivity contribution in [1.82, 2.24) is 14.8 Å². The number of ketones is 1. The summed E-state index contributed by atoms with van der Waals surface area (Å²) in [5.41, 5.74) is 3.14. The summed E-state index contributed by atoms with van der Waals surface area (Å²) < 4.78 is 23.8. The molecule has 176 valence electrons. The van der Waals surface area contributed by atoms with E-state index in [1.165, 1.54) is 0 Å². The zero-order valence-corrected chi connectivity index (χ0v) is 19.5. The number of hydrogen-bond acceptors (Lipinski definition) is 8. The van der Waals surface area contributed by atoms with E-state index in [4.69, 9.17) is 29.0 Å². The van der Waals surface area contributed by atoms with Crippen LogP contribution in [0, 0.1) is 0 Å². The van der Waals surface area contributed by atoms with Crippen molar-refractivity contribution in [2.75, 3.05) is 33.8 Å². The fourth-order valence-corrected chi connectivity index (χ4v) is 4.57. The minimum Gasteiger partial charge on any atom is -0.497 e. The Hall–Kier alpha value is -4.01. The first-order chi connectivity index (χ1) is 16.6. The lowest BCUT2D eigenvalue weighted by Crippen LogP contribution is -2.31. The van der Waals surface area contributed by atoms with E-state index >= 15 is 0 Å². The molecule has 1 unspecified atom stereocenters. The topological polar surface area (TPSA) is 96.7 Å². The zero-order valence-electron chi connectivity index (χ0n) is 19.5. The minimum absolute atomic E-state index is 0.0859. The number of allylic oxidation sites excluding steroid dienone is 2. The number of fused-ring (bicyclic) bond motifs is 1. The number of carbonyl (C=O) groups is 1. The van der Waals surface area contributed by atoms with E-state index in [1.54, 1.807) is 39.2 Å². The Labute approximate surface area is 197 Å². The number of carbonyl (C=O) groups excluding carboxylic acids is 1. The van der Waals surface area contributed by atoms with Crippen LogP contribution < -0.4 is 24.3 Å². The van der Waals surface area contributed by atoms with Gasteiger partial charge in [-0.1, -0.05) is 0 Å². The number of rotatable bonds is 6. The minimum atomic E-state index is -0.520. The van der Waals surface area contributed by atoms with Crippen molar-refractivity contribution >= 4 is 11.7 Å². The predicted octanol–water partition coefficient (Wildman–Crippen LogP) is 4.00. The van der Waals surface area contributed by atoms with Crippen LogP contribution in [0.4, 0.5) is 5.95 Å². The smallest absolute Gasteiger partial charge is 0.226 e. The Kier molecular flexibility index (Phi) is 5.61. The molecule has 0 amide bonds. The second-order valence-corrected chi connectivity index (χ2v) is 8.08. The van der Waals surface area contributed by atoms with Crippen molar-refractivity contribution in [2.45, 2.75) is 25.3 Å². The van der Waals surface area contributed by atoms with E-state index in [-0.39, 0.29) is 5.78 Å². The third-order valence-electron chi connectivity index (χ3n) is 6.25. The van der Waals surface area contributed by atoms with Crippen LogP contribution in [-0.2, 0) is 4.79 Å². The number of benzene rings is 2. The predicted molar refractivity (Wildman–Crippen MR) is 126 cm³/mol. The number of nitrogens with zero attached hydrogens (tertiary/aromatic N) is 3. The molecule has 0 radical (unpaired) electrons. The molecule has 3 aromatic rings. The molecule has 1 aliphatic heterocycles. The van der Waals surface area contributed by atoms with Gasteiger partial charge >= 0.3 is 0 Å². The molecule has 0 fully saturated rings. The average molecular weight is 463 g/mol. The normalized spacial score (nSPS) is 16.9. The first kappa shape index (κ1) is 21.8. The van der Waals surface area contributed by atoms with Gasteiger partial charge in [-0.15, -0.1) is 5.10 Å². The van der Waals surface area contributed by atoms with Crippen LogP contribution in [-0.4, -0.2) is 49.0 Å². The Balaban J connectivity index is 1.70. The van der Waals surface area contributed by atoms with Crippen molar-refractivity contribution in [1.29, 1.82) is 0 Å². The van der Waals surface area contributed by atoms with Gasteiger partial charge in [0.25, 0.3) is 0 Å². The fourth-order valence-electron chi connectivity index (χ4n) is 4.57. The largest absolute Gasteiger partial charge is 0.497 e. The highest BCUT2D eigenvalue weighted by Crippen LogP contribution is 2.46. The summed E-state index contributed by atoms with van der Waals surface area (Å²) in [6.45, 7) is 0. The van der Waals surface area contributed by atoms with E-state index in [0.29, 0.717) is 41.0 Å². The summed E-state index contributed by atoms with van der Waals surface area (Å²) in [5, 5.41) is 8.18. The third kappa shape index (κ3) is 3.53. The Morgan fingerprint density at radius 2 is 1.62 bits per heavy atom. The number of hydrogen-bond donors (Lipinski definition) is 1. The maximum Gasteiger partial charge on any atom is 0.226 e. The van der Waals surface area contributed by atoms with Crippen LogP contribution in [0.1, 0.15) is 30.9 Å². The van der Waals surface area contributed by atoms with Gasteiger partial charge in [-0.25, -0.2) is 4.68 Å². The Bertz CT molecular complexity index is 1280. The molecule has 1 atom stereocenters. The number of methoxy groups -OCH3 is 4. The zero-order chi connectivity index (χ0) is 23.8. The third-order valence-corrected chi connectivity index (χ3v) is 6.25. The van der Waals surface area contributed by atoms with Crippen LogP contribution in [0.2, 0.25) is 0 Å². The molecule has 5 rings (SSSR count). The van der Waals surface area contributed by atoms with Gasteiger partial charge in [0.05, 0.1) is 28.4 Å². The lowest BCUT2D eigenvalue weighted by atomic mass is 9.85. The second kappa shape index (κ2) is 8.74. The molecule has 0 saturated heterocycles. The van der Waals surface area contributed by atoms with Crippen molar-refractivity contribution in [3.8, 4) is 34.4 Å². The van der Waals surface area contributed by atoms with Gasteiger partial charge < -0.3 is 24.3 Å². The maximum atomic E-state index is 13.2. The standard InChI is InChI=1S/C25H26N4O5/c1-31-15-10-8-14(9-11-15)24-27-25-26-17-6-5-7-18(30)22(17)23(29(25)28-24)16-12-20(33-3)21(34-4)13-19(16)32-2/h8-13,23H,5-7H2,1-4H3,(H,26,27,28). The molecule has 0 bridgehead atoms. The van der Waals surface area contributed by atoms with E-state index in [9.17, 15) is 4.79 Å². The summed E-state index contributed by atoms with van der Waals surface area (Å²) in [6.07, 6.45) is 2.04. The molecular formula is C25H26N4O5. The van der Waals surface area contributed by atoms with Crippen LogP contribution in [0.15, 0.2) is 47.7 Å². The lowest BCUT2D eigenvalue weighted by molar-refractivity contribution is -0.116. The Morgan fingerprint density at radius 1 is 0.912 bits per heavy atom. The van der Waals surface area contributed by atoms with E-state index < -0.39 is 6.04 Å². The summed E-state index contributed by atoms with van der Waals surface area (Å²) in [5.74, 6) is 3.60. The van der Waals surface area contributed by atoms with Crippen molar-refractivity contribution in [2.24, 2.45) is 0 Å². The summed E-state index contributed by atoms with van der Waals surface area (Å²) in [7, 11) is 6.37. The van der Waals surface area contributed by atoms with E-state index in [1.807, 2.05) is 30.3 Å². The van der Waals surface area contributed by atoms with Gasteiger partial charge in [-0.2, -0.15) is 4.98 Å². The molecule has 2 heterocycles. The van der Waals surface area contributed by atoms with Gasteiger partial charge in [0.15, 0.2) is 23.1 Å².